The van der Waals surface area contributed by atoms with Crippen LogP contribution in [0.2, 0.25) is 0 Å². The lowest BCUT2D eigenvalue weighted by atomic mass is 10.0. The molecule has 12 heavy (non-hydrogen) atoms. The molecule has 5 heteroatoms. The number of carboxylic acids is 1. The van der Waals surface area contributed by atoms with E-state index in [4.69, 9.17) is 5.11 Å². The van der Waals surface area contributed by atoms with E-state index < -0.39 is 5.97 Å². The second-order valence-electron chi connectivity index (χ2n) is 2.85. The molecule has 0 amide bonds. The Morgan fingerprint density at radius 3 is 2.92 bits per heavy atom. The number of aliphatic carboxylic acids is 1. The van der Waals surface area contributed by atoms with Gasteiger partial charge in [-0.25, -0.2) is 0 Å². The third-order valence-electron chi connectivity index (χ3n) is 2.07. The van der Waals surface area contributed by atoms with E-state index in [9.17, 15) is 4.79 Å². The normalized spacial score (nSPS) is 29.2. The van der Waals surface area contributed by atoms with Crippen molar-refractivity contribution >= 4 is 21.1 Å². The summed E-state index contributed by atoms with van der Waals surface area (Å²) in [5.74, 6) is -0.750. The summed E-state index contributed by atoms with van der Waals surface area (Å²) in [5, 5.41) is 8.77. The van der Waals surface area contributed by atoms with Gasteiger partial charge in [-0.2, -0.15) is 0 Å². The van der Waals surface area contributed by atoms with Crippen LogP contribution in [0.5, 0.6) is 0 Å². The highest BCUT2D eigenvalue weighted by Crippen LogP contribution is 2.18. The summed E-state index contributed by atoms with van der Waals surface area (Å²) < 4.78 is 1.74. The number of nitrogens with zero attached hydrogens (tertiary/aromatic N) is 2. The molecule has 0 spiro atoms. The van der Waals surface area contributed by atoms with Crippen LogP contribution in [0.25, 0.3) is 0 Å². The standard InChI is InChI=1S/C7H13N2O2P/c1-8-5-2-3-6(7(10)11)9(12)4-5/h6H,2-4,12H2,1H3,(H,10,11)/b8-5-/t6-/m0/s1. The number of hydrogen-bond donors (Lipinski definition) is 1. The molecule has 1 heterocycles. The Labute approximate surface area is 73.9 Å². The summed E-state index contributed by atoms with van der Waals surface area (Å²) in [6.45, 7) is 0.651. The third kappa shape index (κ3) is 2.02. The summed E-state index contributed by atoms with van der Waals surface area (Å²) in [5.41, 5.74) is 1.07. The van der Waals surface area contributed by atoms with Gasteiger partial charge in [-0.15, -0.1) is 0 Å². The first-order valence-corrected chi connectivity index (χ1v) is 4.35. The van der Waals surface area contributed by atoms with Crippen LogP contribution in [-0.4, -0.2) is 41.1 Å². The Kier molecular flexibility index (Phi) is 3.18. The lowest BCUT2D eigenvalue weighted by Gasteiger charge is -2.29. The van der Waals surface area contributed by atoms with E-state index in [2.05, 4.69) is 14.4 Å². The SMILES string of the molecule is C/N=C1/CC[C@@H](C(=O)O)N(P)C1. The summed E-state index contributed by atoms with van der Waals surface area (Å²) in [4.78, 5) is 14.7. The predicted octanol–water partition coefficient (Wildman–Crippen LogP) is 0.396. The zero-order valence-corrected chi connectivity index (χ0v) is 8.18. The first-order valence-electron chi connectivity index (χ1n) is 3.84. The zero-order valence-electron chi connectivity index (χ0n) is 7.03. The van der Waals surface area contributed by atoms with Gasteiger partial charge in [0.05, 0.1) is 0 Å². The van der Waals surface area contributed by atoms with Crippen molar-refractivity contribution in [1.82, 2.24) is 4.67 Å². The van der Waals surface area contributed by atoms with Crippen LogP contribution in [-0.2, 0) is 4.79 Å². The fraction of sp³-hybridized carbons (Fsp3) is 0.714. The minimum atomic E-state index is -0.750. The Morgan fingerprint density at radius 1 is 1.83 bits per heavy atom. The smallest absolute Gasteiger partial charge is 0.321 e. The fourth-order valence-electron chi connectivity index (χ4n) is 1.32. The topological polar surface area (TPSA) is 52.9 Å². The molecule has 0 aromatic rings. The maximum absolute atomic E-state index is 10.7. The summed E-state index contributed by atoms with van der Waals surface area (Å²) in [7, 11) is 4.18. The summed E-state index contributed by atoms with van der Waals surface area (Å²) in [6.07, 6.45) is 1.46. The summed E-state index contributed by atoms with van der Waals surface area (Å²) >= 11 is 0. The Hall–Kier alpha value is -0.470. The molecule has 4 nitrogen and oxygen atoms in total. The van der Waals surface area contributed by atoms with Crippen molar-refractivity contribution in [3.05, 3.63) is 0 Å². The average molecular weight is 188 g/mol. The maximum Gasteiger partial charge on any atom is 0.321 e. The van der Waals surface area contributed by atoms with Crippen LogP contribution < -0.4 is 0 Å². The second kappa shape index (κ2) is 3.97. The molecule has 1 aliphatic rings. The van der Waals surface area contributed by atoms with Crippen LogP contribution in [0, 0.1) is 0 Å². The molecule has 1 fully saturated rings. The third-order valence-corrected chi connectivity index (χ3v) is 2.62. The molecule has 1 aliphatic heterocycles. The van der Waals surface area contributed by atoms with E-state index in [-0.39, 0.29) is 6.04 Å². The van der Waals surface area contributed by atoms with Crippen LogP contribution in [0.3, 0.4) is 0 Å². The van der Waals surface area contributed by atoms with E-state index in [1.54, 1.807) is 11.7 Å². The van der Waals surface area contributed by atoms with Crippen molar-refractivity contribution in [1.29, 1.82) is 0 Å². The molecule has 0 aliphatic carbocycles. The van der Waals surface area contributed by atoms with Crippen molar-refractivity contribution in [2.75, 3.05) is 13.6 Å². The van der Waals surface area contributed by atoms with Gasteiger partial charge < -0.3 is 5.11 Å². The zero-order chi connectivity index (χ0) is 9.14. The molecule has 2 atom stereocenters. The highest BCUT2D eigenvalue weighted by molar-refractivity contribution is 7.13. The molecule has 1 saturated heterocycles. The molecule has 68 valence electrons. The second-order valence-corrected chi connectivity index (χ2v) is 3.52. The predicted molar refractivity (Wildman–Crippen MR) is 50.4 cm³/mol. The quantitative estimate of drug-likeness (QED) is 0.606. The molecule has 1 rings (SSSR count). The molecular weight excluding hydrogens is 175 g/mol. The first-order chi connectivity index (χ1) is 5.65. The van der Waals surface area contributed by atoms with Crippen molar-refractivity contribution in [2.45, 2.75) is 18.9 Å². The van der Waals surface area contributed by atoms with E-state index in [0.29, 0.717) is 13.0 Å². The van der Waals surface area contributed by atoms with Gasteiger partial charge in [0.1, 0.15) is 6.04 Å². The van der Waals surface area contributed by atoms with Gasteiger partial charge in [0, 0.05) is 19.3 Å². The van der Waals surface area contributed by atoms with Gasteiger partial charge >= 0.3 is 5.97 Å². The van der Waals surface area contributed by atoms with Crippen LogP contribution in [0.4, 0.5) is 0 Å². The maximum atomic E-state index is 10.7. The molecule has 1 unspecified atom stereocenters. The van der Waals surface area contributed by atoms with Crippen LogP contribution in [0.1, 0.15) is 12.8 Å². The van der Waals surface area contributed by atoms with Gasteiger partial charge in [0.15, 0.2) is 0 Å². The fourth-order valence-corrected chi connectivity index (χ4v) is 1.80. The molecule has 0 aromatic heterocycles. The average Bonchev–Trinajstić information content (AvgIpc) is 2.03. The lowest BCUT2D eigenvalue weighted by Crippen LogP contribution is -2.42. The number of aliphatic imine (C=N–C) groups is 1. The number of carboxylic acid groups (broad SMARTS) is 1. The number of hydrogen-bond acceptors (Lipinski definition) is 3. The molecule has 0 bridgehead atoms. The Bertz CT molecular complexity index is 217. The number of piperidine rings is 1. The van der Waals surface area contributed by atoms with E-state index >= 15 is 0 Å². The van der Waals surface area contributed by atoms with Crippen LogP contribution in [0.15, 0.2) is 4.99 Å². The molecular formula is C7H13N2O2P. The number of carbonyl (C=O) groups is 1. The van der Waals surface area contributed by atoms with Crippen molar-refractivity contribution in [3.63, 3.8) is 0 Å². The summed E-state index contributed by atoms with van der Waals surface area (Å²) in [6, 6.07) is -0.361. The monoisotopic (exact) mass is 188 g/mol. The number of rotatable bonds is 1. The molecule has 0 aromatic carbocycles. The van der Waals surface area contributed by atoms with Gasteiger partial charge in [-0.05, 0) is 12.8 Å². The van der Waals surface area contributed by atoms with Crippen molar-refractivity contribution < 1.29 is 9.90 Å². The minimum absolute atomic E-state index is 0.361. The highest BCUT2D eigenvalue weighted by Gasteiger charge is 2.27. The minimum Gasteiger partial charge on any atom is -0.480 e. The van der Waals surface area contributed by atoms with E-state index in [1.807, 2.05) is 0 Å². The Morgan fingerprint density at radius 2 is 2.50 bits per heavy atom. The Balaban J connectivity index is 2.59. The van der Waals surface area contributed by atoms with E-state index in [0.717, 1.165) is 12.1 Å². The van der Waals surface area contributed by atoms with Crippen LogP contribution >= 0.6 is 9.39 Å². The van der Waals surface area contributed by atoms with Crippen molar-refractivity contribution in [2.24, 2.45) is 4.99 Å². The van der Waals surface area contributed by atoms with Gasteiger partial charge in [0.2, 0.25) is 0 Å². The molecule has 1 N–H and O–H groups in total. The van der Waals surface area contributed by atoms with Gasteiger partial charge in [0.25, 0.3) is 0 Å². The van der Waals surface area contributed by atoms with Gasteiger partial charge in [-0.1, -0.05) is 9.39 Å². The molecule has 0 saturated carbocycles. The molecule has 0 radical (unpaired) electrons. The van der Waals surface area contributed by atoms with Gasteiger partial charge in [-0.3, -0.25) is 14.5 Å². The highest BCUT2D eigenvalue weighted by atomic mass is 31.0. The largest absolute Gasteiger partial charge is 0.480 e. The lowest BCUT2D eigenvalue weighted by molar-refractivity contribution is -0.141. The first kappa shape index (κ1) is 9.62. The van der Waals surface area contributed by atoms with E-state index in [1.165, 1.54) is 0 Å². The van der Waals surface area contributed by atoms with Crippen molar-refractivity contribution in [3.8, 4) is 0 Å².